The first-order valence-corrected chi connectivity index (χ1v) is 3.04. The van der Waals surface area contributed by atoms with Gasteiger partial charge < -0.3 is 19.4 Å². The second kappa shape index (κ2) is 4.32. The summed E-state index contributed by atoms with van der Waals surface area (Å²) in [7, 11) is 0. The molecule has 1 heterocycles. The van der Waals surface area contributed by atoms with Crippen LogP contribution in [0.5, 0.6) is 0 Å². The zero-order valence-corrected chi connectivity index (χ0v) is 10.0. The zero-order valence-electron chi connectivity index (χ0n) is 6.92. The molecule has 1 rings (SSSR count). The SMILES string of the molecule is CC1(C)OC[C@@H](C(=O)[O-])O1.[K+]. The van der Waals surface area contributed by atoms with Crippen LogP contribution in [-0.2, 0) is 14.3 Å². The number of carbonyl (C=O) groups is 1. The molecule has 0 unspecified atom stereocenters. The topological polar surface area (TPSA) is 58.6 Å². The number of carboxylic acid groups (broad SMARTS) is 1. The number of hydrogen-bond acceptors (Lipinski definition) is 4. The van der Waals surface area contributed by atoms with E-state index in [0.717, 1.165) is 0 Å². The summed E-state index contributed by atoms with van der Waals surface area (Å²) in [5.41, 5.74) is 0. The van der Waals surface area contributed by atoms with E-state index in [2.05, 4.69) is 0 Å². The van der Waals surface area contributed by atoms with Crippen LogP contribution >= 0.6 is 0 Å². The van der Waals surface area contributed by atoms with E-state index in [0.29, 0.717) is 0 Å². The van der Waals surface area contributed by atoms with E-state index in [1.165, 1.54) is 0 Å². The van der Waals surface area contributed by atoms with Gasteiger partial charge in [0.15, 0.2) is 5.79 Å². The summed E-state index contributed by atoms with van der Waals surface area (Å²) in [5, 5.41) is 10.2. The van der Waals surface area contributed by atoms with Crippen molar-refractivity contribution in [2.45, 2.75) is 25.7 Å². The predicted molar refractivity (Wildman–Crippen MR) is 29.9 cm³/mol. The van der Waals surface area contributed by atoms with Gasteiger partial charge in [-0.1, -0.05) is 0 Å². The molecule has 1 fully saturated rings. The Morgan fingerprint density at radius 3 is 2.36 bits per heavy atom. The first kappa shape index (κ1) is 12.0. The first-order valence-electron chi connectivity index (χ1n) is 3.04. The van der Waals surface area contributed by atoms with Crippen LogP contribution in [0.3, 0.4) is 0 Å². The average molecular weight is 184 g/mol. The van der Waals surface area contributed by atoms with Gasteiger partial charge in [0.05, 0.1) is 12.6 Å². The minimum atomic E-state index is -1.22. The molecule has 0 radical (unpaired) electrons. The third kappa shape index (κ3) is 3.50. The quantitative estimate of drug-likeness (QED) is 0.389. The van der Waals surface area contributed by atoms with Gasteiger partial charge in [-0.05, 0) is 13.8 Å². The van der Waals surface area contributed by atoms with E-state index in [9.17, 15) is 9.90 Å². The molecule has 4 nitrogen and oxygen atoms in total. The van der Waals surface area contributed by atoms with E-state index in [1.807, 2.05) is 0 Å². The Balaban J connectivity index is 0.000001000. The Labute approximate surface area is 108 Å². The average Bonchev–Trinajstić information content (AvgIpc) is 2.10. The molecule has 0 N–H and O–H groups in total. The molecule has 58 valence electrons. The number of hydrogen-bond donors (Lipinski definition) is 0. The van der Waals surface area contributed by atoms with Gasteiger partial charge >= 0.3 is 51.4 Å². The van der Waals surface area contributed by atoms with Gasteiger partial charge in [0, 0.05) is 0 Å². The number of carboxylic acids is 1. The molecular formula is C6H9KO4. The van der Waals surface area contributed by atoms with Gasteiger partial charge in [-0.25, -0.2) is 0 Å². The smallest absolute Gasteiger partial charge is 0.547 e. The van der Waals surface area contributed by atoms with Crippen LogP contribution in [0.1, 0.15) is 13.8 Å². The summed E-state index contributed by atoms with van der Waals surface area (Å²) in [6.45, 7) is 3.40. The molecule has 0 aromatic carbocycles. The maximum absolute atomic E-state index is 10.2. The Bertz CT molecular complexity index is 157. The molecule has 0 bridgehead atoms. The Hall–Kier alpha value is 1.03. The van der Waals surface area contributed by atoms with Crippen LogP contribution in [0.2, 0.25) is 0 Å². The molecule has 0 aromatic heterocycles. The Morgan fingerprint density at radius 2 is 2.18 bits per heavy atom. The molecule has 0 amide bonds. The maximum Gasteiger partial charge on any atom is 1.00 e. The van der Waals surface area contributed by atoms with E-state index < -0.39 is 17.9 Å². The number of carbonyl (C=O) groups excluding carboxylic acids is 1. The maximum atomic E-state index is 10.2. The van der Waals surface area contributed by atoms with E-state index >= 15 is 0 Å². The molecular weight excluding hydrogens is 175 g/mol. The van der Waals surface area contributed by atoms with Crippen molar-refractivity contribution in [1.82, 2.24) is 0 Å². The molecule has 0 spiro atoms. The molecule has 1 saturated heterocycles. The summed E-state index contributed by atoms with van der Waals surface area (Å²) in [6.07, 6.45) is -0.907. The molecule has 5 heteroatoms. The number of ether oxygens (including phenoxy) is 2. The second-order valence-corrected chi connectivity index (χ2v) is 2.64. The first-order chi connectivity index (χ1) is 4.51. The van der Waals surface area contributed by atoms with Crippen LogP contribution in [0.15, 0.2) is 0 Å². The normalized spacial score (nSPS) is 27.6. The predicted octanol–water partition coefficient (Wildman–Crippen LogP) is -4.11. The number of rotatable bonds is 1. The summed E-state index contributed by atoms with van der Waals surface area (Å²) in [4.78, 5) is 10.2. The van der Waals surface area contributed by atoms with Gasteiger partial charge in [-0.3, -0.25) is 0 Å². The zero-order chi connectivity index (χ0) is 7.78. The largest absolute Gasteiger partial charge is 1.00 e. The molecule has 0 saturated carbocycles. The van der Waals surface area contributed by atoms with E-state index in [4.69, 9.17) is 9.47 Å². The molecule has 1 atom stereocenters. The van der Waals surface area contributed by atoms with Crippen molar-refractivity contribution in [2.24, 2.45) is 0 Å². The van der Waals surface area contributed by atoms with Crippen LogP contribution in [0.25, 0.3) is 0 Å². The third-order valence-corrected chi connectivity index (χ3v) is 1.27. The van der Waals surface area contributed by atoms with E-state index in [-0.39, 0.29) is 58.0 Å². The Kier molecular flexibility index (Phi) is 4.72. The van der Waals surface area contributed by atoms with Gasteiger partial charge in [-0.15, -0.1) is 0 Å². The van der Waals surface area contributed by atoms with Gasteiger partial charge in [0.25, 0.3) is 0 Å². The van der Waals surface area contributed by atoms with Crippen molar-refractivity contribution in [2.75, 3.05) is 6.61 Å². The molecule has 1 aliphatic rings. The van der Waals surface area contributed by atoms with Crippen molar-refractivity contribution >= 4 is 5.97 Å². The monoisotopic (exact) mass is 184 g/mol. The fourth-order valence-corrected chi connectivity index (χ4v) is 0.803. The fraction of sp³-hybridized carbons (Fsp3) is 0.833. The van der Waals surface area contributed by atoms with Crippen LogP contribution in [0.4, 0.5) is 0 Å². The van der Waals surface area contributed by atoms with Crippen molar-refractivity contribution in [1.29, 1.82) is 0 Å². The Morgan fingerprint density at radius 1 is 1.64 bits per heavy atom. The van der Waals surface area contributed by atoms with Crippen molar-refractivity contribution in [3.8, 4) is 0 Å². The van der Waals surface area contributed by atoms with Crippen molar-refractivity contribution in [3.63, 3.8) is 0 Å². The van der Waals surface area contributed by atoms with Gasteiger partial charge in [-0.2, -0.15) is 0 Å². The fourth-order valence-electron chi connectivity index (χ4n) is 0.803. The van der Waals surface area contributed by atoms with Crippen LogP contribution in [-0.4, -0.2) is 24.5 Å². The van der Waals surface area contributed by atoms with Gasteiger partial charge in [0.1, 0.15) is 6.10 Å². The summed E-state index contributed by atoms with van der Waals surface area (Å²) in [6, 6.07) is 0. The van der Waals surface area contributed by atoms with Crippen LogP contribution < -0.4 is 56.5 Å². The minimum absolute atomic E-state index is 0. The summed E-state index contributed by atoms with van der Waals surface area (Å²) < 4.78 is 9.90. The molecule has 11 heavy (non-hydrogen) atoms. The number of aliphatic carboxylic acids is 1. The molecule has 0 aliphatic carbocycles. The summed E-state index contributed by atoms with van der Waals surface area (Å²) in [5.74, 6) is -1.99. The van der Waals surface area contributed by atoms with Gasteiger partial charge in [0.2, 0.25) is 0 Å². The molecule has 0 aromatic rings. The van der Waals surface area contributed by atoms with Crippen molar-refractivity contribution in [3.05, 3.63) is 0 Å². The van der Waals surface area contributed by atoms with Crippen LogP contribution in [0, 0.1) is 0 Å². The minimum Gasteiger partial charge on any atom is -0.547 e. The van der Waals surface area contributed by atoms with Crippen molar-refractivity contribution < 1.29 is 70.8 Å². The molecule has 1 aliphatic heterocycles. The summed E-state index contributed by atoms with van der Waals surface area (Å²) >= 11 is 0. The standard InChI is InChI=1S/C6H10O4.K/c1-6(2)9-3-4(10-6)5(7)8;/h4H,3H2,1-2H3,(H,7,8);/q;+1/p-1/t4-;/m0./s1. The van der Waals surface area contributed by atoms with E-state index in [1.54, 1.807) is 13.8 Å². The second-order valence-electron chi connectivity index (χ2n) is 2.64. The third-order valence-electron chi connectivity index (χ3n) is 1.27.